The number of thiazole rings is 1. The van der Waals surface area contributed by atoms with Crippen LogP contribution in [0.5, 0.6) is 0 Å². The third-order valence-electron chi connectivity index (χ3n) is 4.55. The molecular formula is C21H31IN6S. The molecule has 29 heavy (non-hydrogen) atoms. The maximum absolute atomic E-state index is 4.72. The van der Waals surface area contributed by atoms with Gasteiger partial charge in [0.25, 0.3) is 0 Å². The number of benzene rings is 1. The molecule has 0 unspecified atom stereocenters. The van der Waals surface area contributed by atoms with Gasteiger partial charge in [-0.2, -0.15) is 0 Å². The summed E-state index contributed by atoms with van der Waals surface area (Å²) in [5.74, 6) is 1.86. The lowest BCUT2D eigenvalue weighted by Crippen LogP contribution is -2.37. The summed E-state index contributed by atoms with van der Waals surface area (Å²) >= 11 is 1.72. The molecule has 2 heterocycles. The summed E-state index contributed by atoms with van der Waals surface area (Å²) in [5, 5.41) is 10.0. The van der Waals surface area contributed by atoms with Crippen LogP contribution in [0.2, 0.25) is 0 Å². The zero-order valence-electron chi connectivity index (χ0n) is 17.8. The van der Waals surface area contributed by atoms with Crippen LogP contribution in [0.1, 0.15) is 43.7 Å². The zero-order valence-corrected chi connectivity index (χ0v) is 21.0. The maximum atomic E-state index is 4.72. The van der Waals surface area contributed by atoms with Crippen LogP contribution >= 0.6 is 35.3 Å². The lowest BCUT2D eigenvalue weighted by molar-refractivity contribution is 0.582. The fourth-order valence-corrected chi connectivity index (χ4v) is 3.96. The van der Waals surface area contributed by atoms with Gasteiger partial charge in [-0.3, -0.25) is 4.99 Å². The van der Waals surface area contributed by atoms with E-state index in [1.807, 2.05) is 6.07 Å². The first-order valence-corrected chi connectivity index (χ1v) is 10.6. The van der Waals surface area contributed by atoms with Crippen molar-refractivity contribution in [2.45, 2.75) is 52.6 Å². The van der Waals surface area contributed by atoms with Gasteiger partial charge in [0.1, 0.15) is 5.82 Å². The van der Waals surface area contributed by atoms with Crippen LogP contribution in [0.25, 0.3) is 11.0 Å². The number of rotatable bonds is 6. The highest BCUT2D eigenvalue weighted by Crippen LogP contribution is 2.25. The molecule has 2 aromatic heterocycles. The van der Waals surface area contributed by atoms with Gasteiger partial charge in [0.05, 0.1) is 28.3 Å². The summed E-state index contributed by atoms with van der Waals surface area (Å²) in [6.45, 7) is 11.1. The van der Waals surface area contributed by atoms with E-state index in [1.54, 1.807) is 18.4 Å². The predicted molar refractivity (Wildman–Crippen MR) is 134 cm³/mol. The van der Waals surface area contributed by atoms with Gasteiger partial charge in [-0.1, -0.05) is 32.9 Å². The molecule has 0 saturated carbocycles. The highest BCUT2D eigenvalue weighted by atomic mass is 127. The van der Waals surface area contributed by atoms with Gasteiger partial charge in [-0.25, -0.2) is 9.97 Å². The van der Waals surface area contributed by atoms with Crippen molar-refractivity contribution in [2.24, 2.45) is 4.99 Å². The average Bonchev–Trinajstić information content (AvgIpc) is 3.25. The van der Waals surface area contributed by atoms with E-state index in [0.717, 1.165) is 47.5 Å². The van der Waals surface area contributed by atoms with Crippen molar-refractivity contribution in [3.8, 4) is 0 Å². The van der Waals surface area contributed by atoms with Gasteiger partial charge in [0.15, 0.2) is 5.96 Å². The van der Waals surface area contributed by atoms with E-state index in [0.29, 0.717) is 6.54 Å². The molecule has 3 aromatic rings. The summed E-state index contributed by atoms with van der Waals surface area (Å²) in [4.78, 5) is 13.7. The normalized spacial score (nSPS) is 12.1. The van der Waals surface area contributed by atoms with Crippen molar-refractivity contribution in [1.29, 1.82) is 0 Å². The molecule has 0 radical (unpaired) electrons. The number of guanidine groups is 1. The third-order valence-corrected chi connectivity index (χ3v) is 5.87. The first-order chi connectivity index (χ1) is 13.4. The smallest absolute Gasteiger partial charge is 0.191 e. The second-order valence-electron chi connectivity index (χ2n) is 7.90. The van der Waals surface area contributed by atoms with Gasteiger partial charge in [-0.15, -0.1) is 35.3 Å². The Labute approximate surface area is 194 Å². The lowest BCUT2D eigenvalue weighted by Gasteiger charge is -2.14. The van der Waals surface area contributed by atoms with E-state index < -0.39 is 0 Å². The van der Waals surface area contributed by atoms with Crippen molar-refractivity contribution < 1.29 is 0 Å². The van der Waals surface area contributed by atoms with Crippen LogP contribution in [0.4, 0.5) is 0 Å². The number of nitrogens with one attached hydrogen (secondary N) is 2. The van der Waals surface area contributed by atoms with Crippen LogP contribution in [0, 0.1) is 6.92 Å². The summed E-state index contributed by atoms with van der Waals surface area (Å²) in [7, 11) is 1.80. The van der Waals surface area contributed by atoms with E-state index in [2.05, 4.69) is 76.5 Å². The number of para-hydroxylation sites is 2. The molecule has 0 spiro atoms. The Morgan fingerprint density at radius 2 is 1.93 bits per heavy atom. The number of nitrogens with zero attached hydrogens (tertiary/aromatic N) is 4. The minimum absolute atomic E-state index is 0. The van der Waals surface area contributed by atoms with Gasteiger partial charge in [0.2, 0.25) is 0 Å². The van der Waals surface area contributed by atoms with Crippen molar-refractivity contribution in [3.63, 3.8) is 0 Å². The van der Waals surface area contributed by atoms with Crippen molar-refractivity contribution in [3.05, 3.63) is 46.2 Å². The minimum atomic E-state index is 0. The Morgan fingerprint density at radius 1 is 1.17 bits per heavy atom. The molecule has 0 bridgehead atoms. The zero-order chi connectivity index (χ0) is 20.1. The Bertz CT molecular complexity index is 954. The summed E-state index contributed by atoms with van der Waals surface area (Å²) in [6, 6.07) is 8.28. The predicted octanol–water partition coefficient (Wildman–Crippen LogP) is 4.47. The molecular weight excluding hydrogens is 495 g/mol. The van der Waals surface area contributed by atoms with Gasteiger partial charge < -0.3 is 15.2 Å². The fraction of sp³-hybridized carbons (Fsp3) is 0.476. The Kier molecular flexibility index (Phi) is 8.45. The van der Waals surface area contributed by atoms with Gasteiger partial charge in [0, 0.05) is 30.9 Å². The molecule has 0 aliphatic heterocycles. The number of hydrogen-bond donors (Lipinski definition) is 2. The van der Waals surface area contributed by atoms with Gasteiger partial charge in [-0.05, 0) is 25.5 Å². The molecule has 158 valence electrons. The SMILES string of the molecule is CN=C(NCCCn1c(C)nc2ccccc21)NCc1csc(C(C)(C)C)n1.I. The Balaban J connectivity index is 0.00000300. The Morgan fingerprint density at radius 3 is 2.62 bits per heavy atom. The lowest BCUT2D eigenvalue weighted by atomic mass is 9.98. The topological polar surface area (TPSA) is 67.1 Å². The van der Waals surface area contributed by atoms with Crippen LogP contribution < -0.4 is 10.6 Å². The molecule has 3 rings (SSSR count). The monoisotopic (exact) mass is 526 g/mol. The maximum Gasteiger partial charge on any atom is 0.191 e. The molecule has 0 aliphatic rings. The number of aromatic nitrogens is 3. The second kappa shape index (κ2) is 10.4. The van der Waals surface area contributed by atoms with E-state index in [4.69, 9.17) is 4.98 Å². The molecule has 8 heteroatoms. The molecule has 0 saturated heterocycles. The van der Waals surface area contributed by atoms with Crippen molar-refractivity contribution >= 4 is 52.3 Å². The highest BCUT2D eigenvalue weighted by Gasteiger charge is 2.17. The number of imidazole rings is 1. The number of halogens is 1. The number of fused-ring (bicyclic) bond motifs is 1. The number of aliphatic imine (C=N–C) groups is 1. The molecule has 0 atom stereocenters. The highest BCUT2D eigenvalue weighted by molar-refractivity contribution is 14.0. The number of aryl methyl sites for hydroxylation is 2. The van der Waals surface area contributed by atoms with Crippen LogP contribution in [-0.4, -0.2) is 34.1 Å². The molecule has 6 nitrogen and oxygen atoms in total. The summed E-state index contributed by atoms with van der Waals surface area (Å²) in [5.41, 5.74) is 3.40. The molecule has 0 aliphatic carbocycles. The van der Waals surface area contributed by atoms with Gasteiger partial charge >= 0.3 is 0 Å². The molecule has 1 aromatic carbocycles. The van der Waals surface area contributed by atoms with Crippen LogP contribution in [0.3, 0.4) is 0 Å². The van der Waals surface area contributed by atoms with E-state index in [-0.39, 0.29) is 29.4 Å². The molecule has 0 amide bonds. The van der Waals surface area contributed by atoms with Crippen LogP contribution in [-0.2, 0) is 18.5 Å². The third kappa shape index (κ3) is 6.15. The van der Waals surface area contributed by atoms with Crippen LogP contribution in [0.15, 0.2) is 34.6 Å². The quantitative estimate of drug-likeness (QED) is 0.215. The number of hydrogen-bond acceptors (Lipinski definition) is 4. The van der Waals surface area contributed by atoms with E-state index in [1.165, 1.54) is 5.52 Å². The summed E-state index contributed by atoms with van der Waals surface area (Å²) < 4.78 is 2.27. The molecule has 0 fully saturated rings. The summed E-state index contributed by atoms with van der Waals surface area (Å²) in [6.07, 6.45) is 0.993. The van der Waals surface area contributed by atoms with E-state index in [9.17, 15) is 0 Å². The standard InChI is InChI=1S/C21H30N6S.HI/c1-15-25-17-9-6-7-10-18(17)27(15)12-8-11-23-20(22-5)24-13-16-14-28-19(26-16)21(2,3)4;/h6-7,9-10,14H,8,11-13H2,1-5H3,(H2,22,23,24);1H. The fourth-order valence-electron chi connectivity index (χ4n) is 3.05. The van der Waals surface area contributed by atoms with Crippen molar-refractivity contribution in [2.75, 3.05) is 13.6 Å². The average molecular weight is 526 g/mol. The molecule has 2 N–H and O–H groups in total. The minimum Gasteiger partial charge on any atom is -0.356 e. The second-order valence-corrected chi connectivity index (χ2v) is 8.76. The van der Waals surface area contributed by atoms with E-state index >= 15 is 0 Å². The first-order valence-electron chi connectivity index (χ1n) is 9.70. The largest absolute Gasteiger partial charge is 0.356 e. The van der Waals surface area contributed by atoms with Crippen molar-refractivity contribution in [1.82, 2.24) is 25.2 Å². The first kappa shape index (κ1) is 23.6. The Hall–Kier alpha value is -1.68.